The van der Waals surface area contributed by atoms with E-state index in [1.165, 1.54) is 45.2 Å². The Hall–Kier alpha value is -0.770. The molecule has 1 fully saturated rings. The lowest BCUT2D eigenvalue weighted by molar-refractivity contribution is 0.214. The highest BCUT2D eigenvalue weighted by Crippen LogP contribution is 2.19. The largest absolute Gasteiger partial charge is 0.357 e. The van der Waals surface area contributed by atoms with Crippen molar-refractivity contribution >= 4 is 5.96 Å². The van der Waals surface area contributed by atoms with Crippen LogP contribution in [0.15, 0.2) is 4.99 Å². The molecule has 0 saturated carbocycles. The first-order chi connectivity index (χ1) is 10.5. The lowest BCUT2D eigenvalue weighted by atomic mass is 9.94. The minimum Gasteiger partial charge on any atom is -0.357 e. The SMILES string of the molecule is CCNC(=NCCC1CCN(C)CC1)NC(C)CCC(C)C. The molecule has 0 aromatic rings. The van der Waals surface area contributed by atoms with Gasteiger partial charge in [-0.15, -0.1) is 0 Å². The summed E-state index contributed by atoms with van der Waals surface area (Å²) < 4.78 is 0. The highest BCUT2D eigenvalue weighted by molar-refractivity contribution is 5.80. The van der Waals surface area contributed by atoms with Crippen LogP contribution in [-0.4, -0.2) is 50.1 Å². The highest BCUT2D eigenvalue weighted by Gasteiger charge is 2.16. The third kappa shape index (κ3) is 8.62. The number of likely N-dealkylation sites (tertiary alicyclic amines) is 1. The van der Waals surface area contributed by atoms with Gasteiger partial charge in [0.15, 0.2) is 5.96 Å². The Morgan fingerprint density at radius 3 is 2.45 bits per heavy atom. The van der Waals surface area contributed by atoms with Crippen molar-refractivity contribution in [3.05, 3.63) is 0 Å². The minimum atomic E-state index is 0.489. The number of nitrogens with one attached hydrogen (secondary N) is 2. The lowest BCUT2D eigenvalue weighted by Crippen LogP contribution is -2.42. The van der Waals surface area contributed by atoms with Crippen molar-refractivity contribution < 1.29 is 0 Å². The van der Waals surface area contributed by atoms with Gasteiger partial charge in [0.25, 0.3) is 0 Å². The molecule has 4 heteroatoms. The van der Waals surface area contributed by atoms with Crippen LogP contribution in [0.1, 0.15) is 59.8 Å². The molecule has 130 valence electrons. The Bertz CT molecular complexity index is 306. The first-order valence-corrected chi connectivity index (χ1v) is 9.24. The van der Waals surface area contributed by atoms with E-state index in [9.17, 15) is 0 Å². The summed E-state index contributed by atoms with van der Waals surface area (Å²) in [6.45, 7) is 13.3. The quantitative estimate of drug-likeness (QED) is 0.534. The molecule has 0 bridgehead atoms. The predicted molar refractivity (Wildman–Crippen MR) is 97.5 cm³/mol. The predicted octanol–water partition coefficient (Wildman–Crippen LogP) is 3.10. The summed E-state index contributed by atoms with van der Waals surface area (Å²) in [6, 6.07) is 0.489. The normalized spacial score (nSPS) is 19.5. The van der Waals surface area contributed by atoms with Gasteiger partial charge in [0.1, 0.15) is 0 Å². The summed E-state index contributed by atoms with van der Waals surface area (Å²) in [4.78, 5) is 7.21. The summed E-state index contributed by atoms with van der Waals surface area (Å²) in [5, 5.41) is 6.93. The van der Waals surface area contributed by atoms with Gasteiger partial charge < -0.3 is 15.5 Å². The number of hydrogen-bond acceptors (Lipinski definition) is 2. The van der Waals surface area contributed by atoms with E-state index < -0.39 is 0 Å². The Kier molecular flexibility index (Phi) is 9.53. The molecular weight excluding hydrogens is 272 g/mol. The lowest BCUT2D eigenvalue weighted by Gasteiger charge is -2.28. The van der Waals surface area contributed by atoms with Crippen LogP contribution in [0.2, 0.25) is 0 Å². The van der Waals surface area contributed by atoms with Crippen LogP contribution in [0.25, 0.3) is 0 Å². The molecule has 0 amide bonds. The molecule has 0 radical (unpaired) electrons. The average molecular weight is 311 g/mol. The van der Waals surface area contributed by atoms with Gasteiger partial charge in [-0.05, 0) is 77.9 Å². The molecule has 1 heterocycles. The maximum Gasteiger partial charge on any atom is 0.191 e. The number of guanidine groups is 1. The van der Waals surface area contributed by atoms with E-state index in [1.807, 2.05) is 0 Å². The fourth-order valence-electron chi connectivity index (χ4n) is 2.92. The Balaban J connectivity index is 2.31. The van der Waals surface area contributed by atoms with Gasteiger partial charge in [-0.1, -0.05) is 13.8 Å². The zero-order valence-corrected chi connectivity index (χ0v) is 15.5. The molecule has 0 spiro atoms. The summed E-state index contributed by atoms with van der Waals surface area (Å²) in [7, 11) is 2.22. The molecule has 1 rings (SSSR count). The van der Waals surface area contributed by atoms with Crippen molar-refractivity contribution in [1.29, 1.82) is 0 Å². The number of nitrogens with zero attached hydrogens (tertiary/aromatic N) is 2. The van der Waals surface area contributed by atoms with Crippen molar-refractivity contribution in [2.75, 3.05) is 33.2 Å². The van der Waals surface area contributed by atoms with E-state index in [2.05, 4.69) is 50.3 Å². The molecule has 1 aliphatic rings. The van der Waals surface area contributed by atoms with E-state index in [1.54, 1.807) is 0 Å². The van der Waals surface area contributed by atoms with E-state index in [0.29, 0.717) is 6.04 Å². The molecule has 4 nitrogen and oxygen atoms in total. The standard InChI is InChI=1S/C18H38N4/c1-6-19-18(21-16(4)8-7-15(2)3)20-12-9-17-10-13-22(5)14-11-17/h15-17H,6-14H2,1-5H3,(H2,19,20,21). The maximum absolute atomic E-state index is 4.77. The number of hydrogen-bond donors (Lipinski definition) is 2. The fraction of sp³-hybridized carbons (Fsp3) is 0.944. The van der Waals surface area contributed by atoms with Crippen LogP contribution in [0.4, 0.5) is 0 Å². The Labute approximate surface area is 138 Å². The van der Waals surface area contributed by atoms with Gasteiger partial charge in [-0.3, -0.25) is 4.99 Å². The second kappa shape index (κ2) is 10.9. The molecule has 1 saturated heterocycles. The first kappa shape index (κ1) is 19.3. The summed E-state index contributed by atoms with van der Waals surface area (Å²) in [6.07, 6.45) is 6.37. The Morgan fingerprint density at radius 2 is 1.86 bits per heavy atom. The summed E-state index contributed by atoms with van der Waals surface area (Å²) >= 11 is 0. The highest BCUT2D eigenvalue weighted by atomic mass is 15.2. The summed E-state index contributed by atoms with van der Waals surface area (Å²) in [5.41, 5.74) is 0. The van der Waals surface area contributed by atoms with Gasteiger partial charge in [-0.25, -0.2) is 0 Å². The molecule has 1 aliphatic heterocycles. The first-order valence-electron chi connectivity index (χ1n) is 9.24. The van der Waals surface area contributed by atoms with Crippen molar-refractivity contribution in [3.8, 4) is 0 Å². The van der Waals surface area contributed by atoms with Crippen molar-refractivity contribution in [2.45, 2.75) is 65.8 Å². The van der Waals surface area contributed by atoms with Crippen LogP contribution < -0.4 is 10.6 Å². The van der Waals surface area contributed by atoms with Gasteiger partial charge in [0.2, 0.25) is 0 Å². The van der Waals surface area contributed by atoms with E-state index in [0.717, 1.165) is 30.9 Å². The van der Waals surface area contributed by atoms with Crippen molar-refractivity contribution in [3.63, 3.8) is 0 Å². The minimum absolute atomic E-state index is 0.489. The summed E-state index contributed by atoms with van der Waals surface area (Å²) in [5.74, 6) is 2.63. The van der Waals surface area contributed by atoms with Crippen LogP contribution >= 0.6 is 0 Å². The average Bonchev–Trinajstić information content (AvgIpc) is 2.47. The maximum atomic E-state index is 4.77. The number of rotatable bonds is 8. The third-order valence-electron chi connectivity index (χ3n) is 4.55. The van der Waals surface area contributed by atoms with Gasteiger partial charge >= 0.3 is 0 Å². The van der Waals surface area contributed by atoms with E-state index in [-0.39, 0.29) is 0 Å². The van der Waals surface area contributed by atoms with E-state index >= 15 is 0 Å². The van der Waals surface area contributed by atoms with Gasteiger partial charge in [-0.2, -0.15) is 0 Å². The van der Waals surface area contributed by atoms with Crippen LogP contribution in [0, 0.1) is 11.8 Å². The molecule has 2 N–H and O–H groups in total. The van der Waals surface area contributed by atoms with Crippen molar-refractivity contribution in [2.24, 2.45) is 16.8 Å². The topological polar surface area (TPSA) is 39.7 Å². The second-order valence-corrected chi connectivity index (χ2v) is 7.31. The molecular formula is C18H38N4. The molecule has 0 aliphatic carbocycles. The zero-order chi connectivity index (χ0) is 16.4. The van der Waals surface area contributed by atoms with Gasteiger partial charge in [0, 0.05) is 19.1 Å². The molecule has 0 aromatic carbocycles. The Morgan fingerprint density at radius 1 is 1.18 bits per heavy atom. The van der Waals surface area contributed by atoms with Crippen LogP contribution in [0.5, 0.6) is 0 Å². The molecule has 0 aromatic heterocycles. The van der Waals surface area contributed by atoms with Crippen LogP contribution in [0.3, 0.4) is 0 Å². The van der Waals surface area contributed by atoms with Crippen LogP contribution in [-0.2, 0) is 0 Å². The van der Waals surface area contributed by atoms with Gasteiger partial charge in [0.05, 0.1) is 0 Å². The molecule has 22 heavy (non-hydrogen) atoms. The fourth-order valence-corrected chi connectivity index (χ4v) is 2.92. The van der Waals surface area contributed by atoms with Crippen molar-refractivity contribution in [1.82, 2.24) is 15.5 Å². The zero-order valence-electron chi connectivity index (χ0n) is 15.5. The number of aliphatic imine (C=N–C) groups is 1. The second-order valence-electron chi connectivity index (χ2n) is 7.31. The third-order valence-corrected chi connectivity index (χ3v) is 4.55. The monoisotopic (exact) mass is 310 g/mol. The smallest absolute Gasteiger partial charge is 0.191 e. The molecule has 1 atom stereocenters. The molecule has 1 unspecified atom stereocenters. The number of piperidine rings is 1. The van der Waals surface area contributed by atoms with E-state index in [4.69, 9.17) is 4.99 Å².